The Kier molecular flexibility index (Phi) is 8.00. The molecule has 7 nitrogen and oxygen atoms in total. The van der Waals surface area contributed by atoms with Crippen molar-refractivity contribution in [3.8, 4) is 0 Å². The molecule has 0 spiro atoms. The number of hydrogen-bond donors (Lipinski definition) is 1. The van der Waals surface area contributed by atoms with Gasteiger partial charge in [-0.3, -0.25) is 4.72 Å². The summed E-state index contributed by atoms with van der Waals surface area (Å²) in [6, 6.07) is 29.5. The predicted molar refractivity (Wildman–Crippen MR) is 138 cm³/mol. The number of rotatable bonds is 9. The van der Waals surface area contributed by atoms with Gasteiger partial charge in [0.1, 0.15) is 13.2 Å². The van der Waals surface area contributed by atoms with Crippen LogP contribution in [0.5, 0.6) is 0 Å². The van der Waals surface area contributed by atoms with Crippen molar-refractivity contribution in [3.63, 3.8) is 0 Å². The van der Waals surface area contributed by atoms with Crippen LogP contribution in [0.2, 0.25) is 0 Å². The monoisotopic (exact) mass is 514 g/mol. The van der Waals surface area contributed by atoms with Crippen molar-refractivity contribution in [2.75, 3.05) is 4.72 Å². The van der Waals surface area contributed by atoms with Crippen LogP contribution in [-0.4, -0.2) is 20.4 Å². The topological polar surface area (TPSA) is 98.8 Å². The van der Waals surface area contributed by atoms with E-state index in [1.165, 1.54) is 36.4 Å². The molecule has 0 atom stereocenters. The summed E-state index contributed by atoms with van der Waals surface area (Å²) in [4.78, 5) is 26.1. The van der Waals surface area contributed by atoms with Crippen molar-refractivity contribution < 1.29 is 27.5 Å². The minimum atomic E-state index is -4.17. The molecule has 4 aromatic rings. The molecule has 0 aromatic heterocycles. The number of nitrogens with one attached hydrogen (secondary N) is 1. The molecule has 0 bridgehead atoms. The Balaban J connectivity index is 1.67. The van der Waals surface area contributed by atoms with Crippen LogP contribution in [0.3, 0.4) is 0 Å². The molecule has 0 aliphatic heterocycles. The third-order valence-electron chi connectivity index (χ3n) is 5.39. The lowest BCUT2D eigenvalue weighted by atomic mass is 10.1. The third-order valence-corrected chi connectivity index (χ3v) is 6.74. The molecule has 0 unspecified atom stereocenters. The number of benzene rings is 4. The van der Waals surface area contributed by atoms with Gasteiger partial charge in [0.05, 0.1) is 21.7 Å². The van der Waals surface area contributed by atoms with Gasteiger partial charge in [-0.05, 0) is 53.9 Å². The lowest BCUT2D eigenvalue weighted by Gasteiger charge is -2.16. The molecule has 0 fully saturated rings. The van der Waals surface area contributed by atoms with E-state index in [9.17, 15) is 18.0 Å². The summed E-state index contributed by atoms with van der Waals surface area (Å²) in [5.41, 5.74) is 1.67. The number of hydrogen-bond acceptors (Lipinski definition) is 6. The third kappa shape index (κ3) is 6.62. The summed E-state index contributed by atoms with van der Waals surface area (Å²) in [6.45, 7) is 1.66. The van der Waals surface area contributed by atoms with E-state index in [1.807, 2.05) is 36.4 Å². The van der Waals surface area contributed by atoms with Gasteiger partial charge in [-0.15, -0.1) is 0 Å². The number of aryl methyl sites for hydroxylation is 1. The van der Waals surface area contributed by atoms with E-state index in [0.717, 1.165) is 11.1 Å². The van der Waals surface area contributed by atoms with Crippen LogP contribution in [0.1, 0.15) is 37.4 Å². The van der Waals surface area contributed by atoms with E-state index < -0.39 is 22.0 Å². The molecule has 0 aliphatic rings. The molecule has 1 N–H and O–H groups in total. The average Bonchev–Trinajstić information content (AvgIpc) is 2.91. The molecule has 8 heteroatoms. The van der Waals surface area contributed by atoms with Crippen LogP contribution in [0.4, 0.5) is 5.69 Å². The average molecular weight is 515 g/mol. The molecule has 37 heavy (non-hydrogen) atoms. The van der Waals surface area contributed by atoms with Crippen LogP contribution in [-0.2, 0) is 32.7 Å². The Bertz CT molecular complexity index is 1430. The van der Waals surface area contributed by atoms with Crippen LogP contribution in [0.25, 0.3) is 0 Å². The fraction of sp³-hybridized carbons (Fsp3) is 0.103. The first kappa shape index (κ1) is 25.7. The number of carbonyl (C=O) groups excluding carboxylic acids is 2. The molecule has 0 saturated carbocycles. The second-order valence-corrected chi connectivity index (χ2v) is 9.85. The molecule has 187 valence electrons. The second kappa shape index (κ2) is 11.5. The van der Waals surface area contributed by atoms with Crippen molar-refractivity contribution in [1.82, 2.24) is 0 Å². The Morgan fingerprint density at radius 3 is 1.76 bits per heavy atom. The zero-order valence-corrected chi connectivity index (χ0v) is 20.8. The van der Waals surface area contributed by atoms with Gasteiger partial charge in [-0.25, -0.2) is 18.0 Å². The summed E-state index contributed by atoms with van der Waals surface area (Å²) in [5, 5.41) is 0. The molecule has 4 aromatic carbocycles. The molecule has 1 radical (unpaired) electrons. The standard InChI is InChI=1S/C29H24NO6S/c1-21-10-8-15-24(18-21)37(33,34)30-27-25(28(31)35-19-22-11-4-2-5-12-22)16-9-17-26(27)29(32)36-20-23-13-6-3-7-14-23/h2-9,11-18,30H,19-20H2,1H3. The predicted octanol–water partition coefficient (Wildman–Crippen LogP) is 5.31. The fourth-order valence-corrected chi connectivity index (χ4v) is 4.71. The van der Waals surface area contributed by atoms with Crippen LogP contribution in [0, 0.1) is 13.0 Å². The van der Waals surface area contributed by atoms with Crippen molar-refractivity contribution in [1.29, 1.82) is 0 Å². The van der Waals surface area contributed by atoms with Gasteiger partial charge in [-0.1, -0.05) is 72.8 Å². The van der Waals surface area contributed by atoms with Crippen molar-refractivity contribution in [2.24, 2.45) is 0 Å². The first-order chi connectivity index (χ1) is 17.8. The Hall–Kier alpha value is -4.43. The summed E-state index contributed by atoms with van der Waals surface area (Å²) in [7, 11) is -4.17. The first-order valence-electron chi connectivity index (χ1n) is 11.4. The van der Waals surface area contributed by atoms with E-state index in [2.05, 4.69) is 10.8 Å². The largest absolute Gasteiger partial charge is 0.457 e. The number of para-hydroxylation sites is 1. The SMILES string of the molecule is Cc1[c]ccc(S(=O)(=O)Nc2c(C(=O)OCc3ccccc3)cccc2C(=O)OCc2ccccc2)c1. The van der Waals surface area contributed by atoms with Gasteiger partial charge in [0.25, 0.3) is 10.0 Å². The number of carbonyl (C=O) groups is 2. The summed E-state index contributed by atoms with van der Waals surface area (Å²) in [5.74, 6) is -1.59. The van der Waals surface area contributed by atoms with Crippen molar-refractivity contribution in [3.05, 3.63) is 131 Å². The Morgan fingerprint density at radius 1 is 0.757 bits per heavy atom. The lowest BCUT2D eigenvalue weighted by Crippen LogP contribution is -2.20. The van der Waals surface area contributed by atoms with Crippen LogP contribution in [0.15, 0.2) is 102 Å². The lowest BCUT2D eigenvalue weighted by molar-refractivity contribution is 0.0473. The number of anilines is 1. The van der Waals surface area contributed by atoms with Crippen molar-refractivity contribution in [2.45, 2.75) is 25.0 Å². The van der Waals surface area contributed by atoms with E-state index in [0.29, 0.717) is 5.56 Å². The van der Waals surface area contributed by atoms with Gasteiger partial charge in [-0.2, -0.15) is 0 Å². The highest BCUT2D eigenvalue weighted by Gasteiger charge is 2.26. The van der Waals surface area contributed by atoms with E-state index in [4.69, 9.17) is 9.47 Å². The number of esters is 2. The highest BCUT2D eigenvalue weighted by molar-refractivity contribution is 7.92. The smallest absolute Gasteiger partial charge is 0.340 e. The summed E-state index contributed by atoms with van der Waals surface area (Å²) >= 11 is 0. The molecule has 0 amide bonds. The normalized spacial score (nSPS) is 10.9. The highest BCUT2D eigenvalue weighted by Crippen LogP contribution is 2.27. The molecule has 0 saturated heterocycles. The Morgan fingerprint density at radius 2 is 1.27 bits per heavy atom. The van der Waals surface area contributed by atoms with Crippen molar-refractivity contribution >= 4 is 27.6 Å². The number of sulfonamides is 1. The maximum atomic E-state index is 13.2. The minimum absolute atomic E-state index is 0.0255. The zero-order chi connectivity index (χ0) is 26.3. The number of ether oxygens (including phenoxy) is 2. The Labute approximate surface area is 215 Å². The quantitative estimate of drug-likeness (QED) is 0.304. The first-order valence-corrected chi connectivity index (χ1v) is 12.9. The molecular formula is C29H24NO6S. The van der Waals surface area contributed by atoms with Gasteiger partial charge < -0.3 is 9.47 Å². The van der Waals surface area contributed by atoms with E-state index in [1.54, 1.807) is 31.2 Å². The second-order valence-electron chi connectivity index (χ2n) is 8.16. The van der Waals surface area contributed by atoms with Gasteiger partial charge in [0.2, 0.25) is 0 Å². The minimum Gasteiger partial charge on any atom is -0.457 e. The maximum absolute atomic E-state index is 13.2. The maximum Gasteiger partial charge on any atom is 0.340 e. The molecule has 0 aliphatic carbocycles. The van der Waals surface area contributed by atoms with Crippen LogP contribution >= 0.6 is 0 Å². The zero-order valence-electron chi connectivity index (χ0n) is 20.0. The van der Waals surface area contributed by atoms with Gasteiger partial charge in [0, 0.05) is 0 Å². The summed E-state index contributed by atoms with van der Waals surface area (Å²) < 4.78 is 39.7. The highest BCUT2D eigenvalue weighted by atomic mass is 32.2. The van der Waals surface area contributed by atoms with Crippen LogP contribution < -0.4 is 4.72 Å². The van der Waals surface area contributed by atoms with Gasteiger partial charge >= 0.3 is 11.9 Å². The molecule has 0 heterocycles. The fourth-order valence-electron chi connectivity index (χ4n) is 3.52. The van der Waals surface area contributed by atoms with E-state index >= 15 is 0 Å². The van der Waals surface area contributed by atoms with Gasteiger partial charge in [0.15, 0.2) is 0 Å². The molecular weight excluding hydrogens is 490 g/mol. The molecule has 4 rings (SSSR count). The summed E-state index contributed by atoms with van der Waals surface area (Å²) in [6.07, 6.45) is 0. The van der Waals surface area contributed by atoms with E-state index in [-0.39, 0.29) is 34.9 Å².